The summed E-state index contributed by atoms with van der Waals surface area (Å²) < 4.78 is 14.0. The third kappa shape index (κ3) is 3.05. The van der Waals surface area contributed by atoms with Crippen molar-refractivity contribution in [3.8, 4) is 0 Å². The van der Waals surface area contributed by atoms with E-state index >= 15 is 0 Å². The predicted molar refractivity (Wildman–Crippen MR) is 77.9 cm³/mol. The number of para-hydroxylation sites is 1. The van der Waals surface area contributed by atoms with E-state index in [0.29, 0.717) is 15.7 Å². The van der Waals surface area contributed by atoms with Crippen LogP contribution in [0.4, 0.5) is 15.8 Å². The van der Waals surface area contributed by atoms with Gasteiger partial charge < -0.3 is 11.1 Å². The summed E-state index contributed by atoms with van der Waals surface area (Å²) >= 11 is 9.01. The number of halogens is 3. The Labute approximate surface area is 122 Å². The molecule has 0 aliphatic rings. The highest BCUT2D eigenvalue weighted by Crippen LogP contribution is 2.26. The molecule has 0 saturated carbocycles. The summed E-state index contributed by atoms with van der Waals surface area (Å²) in [4.78, 5) is 12.0. The van der Waals surface area contributed by atoms with Crippen LogP contribution in [-0.2, 0) is 0 Å². The molecule has 0 fully saturated rings. The summed E-state index contributed by atoms with van der Waals surface area (Å²) in [5.74, 6) is -0.989. The molecule has 6 heteroatoms. The zero-order chi connectivity index (χ0) is 14.0. The minimum absolute atomic E-state index is 0.0837. The molecule has 0 bridgehead atoms. The maximum Gasteiger partial charge on any atom is 0.255 e. The fraction of sp³-hybridized carbons (Fsp3) is 0. The zero-order valence-corrected chi connectivity index (χ0v) is 11.9. The van der Waals surface area contributed by atoms with Gasteiger partial charge in [-0.25, -0.2) is 4.39 Å². The molecule has 0 unspecified atom stereocenters. The summed E-state index contributed by atoms with van der Waals surface area (Å²) in [6, 6.07) is 8.90. The van der Waals surface area contributed by atoms with E-state index < -0.39 is 11.7 Å². The number of hydrogen-bond donors (Lipinski definition) is 2. The molecule has 2 aromatic carbocycles. The highest BCUT2D eigenvalue weighted by molar-refractivity contribution is 9.10. The van der Waals surface area contributed by atoms with Gasteiger partial charge in [-0.1, -0.05) is 17.7 Å². The van der Waals surface area contributed by atoms with Gasteiger partial charge in [0.2, 0.25) is 0 Å². The number of anilines is 2. The SMILES string of the molecule is Nc1ccc(C(=O)Nc2c(F)cccc2Br)cc1Cl. The second-order valence-corrected chi connectivity index (χ2v) is 5.05. The molecular formula is C13H9BrClFN2O. The minimum atomic E-state index is -0.524. The smallest absolute Gasteiger partial charge is 0.255 e. The Hall–Kier alpha value is -1.59. The fourth-order valence-corrected chi connectivity index (χ4v) is 2.09. The van der Waals surface area contributed by atoms with Gasteiger partial charge in [-0.3, -0.25) is 4.79 Å². The lowest BCUT2D eigenvalue weighted by molar-refractivity contribution is 0.102. The van der Waals surface area contributed by atoms with E-state index in [9.17, 15) is 9.18 Å². The largest absolute Gasteiger partial charge is 0.398 e. The van der Waals surface area contributed by atoms with Crippen molar-refractivity contribution in [1.29, 1.82) is 0 Å². The fourth-order valence-electron chi connectivity index (χ4n) is 1.47. The van der Waals surface area contributed by atoms with Crippen molar-refractivity contribution in [1.82, 2.24) is 0 Å². The van der Waals surface area contributed by atoms with Crippen molar-refractivity contribution >= 4 is 44.8 Å². The van der Waals surface area contributed by atoms with Crippen molar-refractivity contribution < 1.29 is 9.18 Å². The average Bonchev–Trinajstić information content (AvgIpc) is 2.37. The van der Waals surface area contributed by atoms with Crippen LogP contribution in [0.15, 0.2) is 40.9 Å². The summed E-state index contributed by atoms with van der Waals surface area (Å²) in [7, 11) is 0. The molecule has 0 heterocycles. The van der Waals surface area contributed by atoms with E-state index in [0.717, 1.165) is 0 Å². The molecule has 1 amide bonds. The number of carbonyl (C=O) groups excluding carboxylic acids is 1. The van der Waals surface area contributed by atoms with Crippen LogP contribution >= 0.6 is 27.5 Å². The monoisotopic (exact) mass is 342 g/mol. The van der Waals surface area contributed by atoms with E-state index in [4.69, 9.17) is 17.3 Å². The number of nitrogens with one attached hydrogen (secondary N) is 1. The molecule has 0 radical (unpaired) electrons. The van der Waals surface area contributed by atoms with Crippen LogP contribution in [0.25, 0.3) is 0 Å². The van der Waals surface area contributed by atoms with Gasteiger partial charge in [-0.05, 0) is 46.3 Å². The van der Waals surface area contributed by atoms with Crippen LogP contribution in [-0.4, -0.2) is 5.91 Å². The minimum Gasteiger partial charge on any atom is -0.398 e. The molecule has 2 rings (SSSR count). The lowest BCUT2D eigenvalue weighted by atomic mass is 10.2. The molecule has 0 saturated heterocycles. The number of hydrogen-bond acceptors (Lipinski definition) is 2. The first-order valence-electron chi connectivity index (χ1n) is 5.29. The highest BCUT2D eigenvalue weighted by atomic mass is 79.9. The van der Waals surface area contributed by atoms with Gasteiger partial charge in [-0.15, -0.1) is 0 Å². The van der Waals surface area contributed by atoms with Crippen LogP contribution in [0.5, 0.6) is 0 Å². The molecule has 0 aliphatic carbocycles. The van der Waals surface area contributed by atoms with E-state index in [1.165, 1.54) is 30.3 Å². The van der Waals surface area contributed by atoms with Gasteiger partial charge in [0, 0.05) is 10.0 Å². The molecule has 98 valence electrons. The van der Waals surface area contributed by atoms with E-state index in [2.05, 4.69) is 21.2 Å². The molecule has 3 N–H and O–H groups in total. The first-order chi connectivity index (χ1) is 8.99. The Morgan fingerprint density at radius 2 is 2.05 bits per heavy atom. The molecule has 0 aliphatic heterocycles. The van der Waals surface area contributed by atoms with Gasteiger partial charge >= 0.3 is 0 Å². The first-order valence-corrected chi connectivity index (χ1v) is 6.46. The van der Waals surface area contributed by atoms with Crippen LogP contribution < -0.4 is 11.1 Å². The molecule has 2 aromatic rings. The number of amides is 1. The second-order valence-electron chi connectivity index (χ2n) is 3.79. The van der Waals surface area contributed by atoms with Crippen molar-refractivity contribution in [3.63, 3.8) is 0 Å². The van der Waals surface area contributed by atoms with Crippen molar-refractivity contribution in [2.75, 3.05) is 11.1 Å². The normalized spacial score (nSPS) is 10.3. The first kappa shape index (κ1) is 13.8. The lowest BCUT2D eigenvalue weighted by Crippen LogP contribution is -2.13. The van der Waals surface area contributed by atoms with Crippen LogP contribution in [0, 0.1) is 5.82 Å². The maximum atomic E-state index is 13.6. The number of benzene rings is 2. The van der Waals surface area contributed by atoms with Crippen LogP contribution in [0.1, 0.15) is 10.4 Å². The van der Waals surface area contributed by atoms with Gasteiger partial charge in [-0.2, -0.15) is 0 Å². The van der Waals surface area contributed by atoms with Gasteiger partial charge in [0.05, 0.1) is 16.4 Å². The molecule has 0 aromatic heterocycles. The van der Waals surface area contributed by atoms with Crippen molar-refractivity contribution in [3.05, 3.63) is 57.3 Å². The van der Waals surface area contributed by atoms with Gasteiger partial charge in [0.25, 0.3) is 5.91 Å². The lowest BCUT2D eigenvalue weighted by Gasteiger charge is -2.09. The topological polar surface area (TPSA) is 55.1 Å². The molecular weight excluding hydrogens is 335 g/mol. The van der Waals surface area contributed by atoms with Crippen LogP contribution in [0.2, 0.25) is 5.02 Å². The Kier molecular flexibility index (Phi) is 4.07. The Morgan fingerprint density at radius 3 is 2.68 bits per heavy atom. The third-order valence-electron chi connectivity index (χ3n) is 2.46. The third-order valence-corrected chi connectivity index (χ3v) is 3.45. The summed E-state index contributed by atoms with van der Waals surface area (Å²) in [6.07, 6.45) is 0. The Bertz CT molecular complexity index is 628. The number of nitrogen functional groups attached to an aromatic ring is 1. The van der Waals surface area contributed by atoms with Crippen LogP contribution in [0.3, 0.4) is 0 Å². The van der Waals surface area contributed by atoms with Gasteiger partial charge in [0.1, 0.15) is 5.82 Å². The number of nitrogens with two attached hydrogens (primary N) is 1. The molecule has 0 spiro atoms. The zero-order valence-electron chi connectivity index (χ0n) is 9.58. The predicted octanol–water partition coefficient (Wildman–Crippen LogP) is 4.08. The van der Waals surface area contributed by atoms with Crippen molar-refractivity contribution in [2.24, 2.45) is 0 Å². The summed E-state index contributed by atoms with van der Waals surface area (Å²) in [5, 5.41) is 2.76. The molecule has 3 nitrogen and oxygen atoms in total. The van der Waals surface area contributed by atoms with E-state index in [-0.39, 0.29) is 10.7 Å². The standard InChI is InChI=1S/C13H9BrClFN2O/c14-8-2-1-3-10(16)12(8)18-13(19)7-4-5-11(17)9(15)6-7/h1-6H,17H2,(H,18,19). The average molecular weight is 344 g/mol. The molecule has 19 heavy (non-hydrogen) atoms. The van der Waals surface area contributed by atoms with Crippen molar-refractivity contribution in [2.45, 2.75) is 0 Å². The maximum absolute atomic E-state index is 13.6. The second kappa shape index (κ2) is 5.59. The van der Waals surface area contributed by atoms with E-state index in [1.807, 2.05) is 0 Å². The summed E-state index contributed by atoms with van der Waals surface area (Å²) in [6.45, 7) is 0. The summed E-state index contributed by atoms with van der Waals surface area (Å²) in [5.41, 5.74) is 6.32. The molecule has 0 atom stereocenters. The number of carbonyl (C=O) groups is 1. The highest BCUT2D eigenvalue weighted by Gasteiger charge is 2.12. The van der Waals surface area contributed by atoms with E-state index in [1.54, 1.807) is 6.07 Å². The Morgan fingerprint density at radius 1 is 1.32 bits per heavy atom. The number of rotatable bonds is 2. The van der Waals surface area contributed by atoms with Gasteiger partial charge in [0.15, 0.2) is 0 Å². The quantitative estimate of drug-likeness (QED) is 0.807. The Balaban J connectivity index is 2.28.